The Labute approximate surface area is 169 Å². The summed E-state index contributed by atoms with van der Waals surface area (Å²) in [4.78, 5) is 41.3. The SMILES string of the molecule is Cl.O=C(c1ccc2c(c1)C(=O)N(Cc1ccccc1)C2=O)N1CCCNCC1. The minimum absolute atomic E-state index is 0. The number of rotatable bonds is 3. The minimum atomic E-state index is -0.342. The Morgan fingerprint density at radius 3 is 2.46 bits per heavy atom. The van der Waals surface area contributed by atoms with Gasteiger partial charge < -0.3 is 10.2 Å². The van der Waals surface area contributed by atoms with Gasteiger partial charge in [0.1, 0.15) is 0 Å². The van der Waals surface area contributed by atoms with Crippen molar-refractivity contribution in [2.45, 2.75) is 13.0 Å². The van der Waals surface area contributed by atoms with Crippen LogP contribution in [0.4, 0.5) is 0 Å². The number of halogens is 1. The van der Waals surface area contributed by atoms with Crippen molar-refractivity contribution in [2.75, 3.05) is 26.2 Å². The zero-order valence-electron chi connectivity index (χ0n) is 15.4. The summed E-state index contributed by atoms with van der Waals surface area (Å²) in [5.41, 5.74) is 2.03. The number of amides is 3. The molecule has 2 aromatic rings. The van der Waals surface area contributed by atoms with E-state index in [-0.39, 0.29) is 36.7 Å². The molecule has 0 atom stereocenters. The Morgan fingerprint density at radius 1 is 0.929 bits per heavy atom. The molecule has 0 aliphatic carbocycles. The summed E-state index contributed by atoms with van der Waals surface area (Å²) in [5, 5.41) is 3.27. The van der Waals surface area contributed by atoms with E-state index < -0.39 is 0 Å². The maximum atomic E-state index is 12.8. The Morgan fingerprint density at radius 2 is 1.68 bits per heavy atom. The maximum Gasteiger partial charge on any atom is 0.261 e. The smallest absolute Gasteiger partial charge is 0.261 e. The van der Waals surface area contributed by atoms with Gasteiger partial charge in [0.2, 0.25) is 0 Å². The number of carbonyl (C=O) groups excluding carboxylic acids is 3. The van der Waals surface area contributed by atoms with Gasteiger partial charge in [-0.1, -0.05) is 30.3 Å². The molecule has 0 unspecified atom stereocenters. The highest BCUT2D eigenvalue weighted by Gasteiger charge is 2.36. The second-order valence-corrected chi connectivity index (χ2v) is 6.84. The van der Waals surface area contributed by atoms with Crippen molar-refractivity contribution >= 4 is 30.1 Å². The third-order valence-corrected chi connectivity index (χ3v) is 5.03. The first-order chi connectivity index (χ1) is 13.1. The van der Waals surface area contributed by atoms with E-state index >= 15 is 0 Å². The predicted molar refractivity (Wildman–Crippen MR) is 108 cm³/mol. The van der Waals surface area contributed by atoms with E-state index in [0.29, 0.717) is 29.8 Å². The van der Waals surface area contributed by atoms with Gasteiger partial charge in [-0.2, -0.15) is 0 Å². The Hall–Kier alpha value is -2.70. The van der Waals surface area contributed by atoms with Gasteiger partial charge in [-0.25, -0.2) is 0 Å². The van der Waals surface area contributed by atoms with Crippen LogP contribution in [0.15, 0.2) is 48.5 Å². The number of benzene rings is 2. The molecule has 2 aliphatic heterocycles. The molecule has 28 heavy (non-hydrogen) atoms. The van der Waals surface area contributed by atoms with Crippen LogP contribution in [0.2, 0.25) is 0 Å². The fourth-order valence-corrected chi connectivity index (χ4v) is 3.56. The molecular formula is C21H22ClN3O3. The molecule has 2 heterocycles. The Bertz CT molecular complexity index is 893. The quantitative estimate of drug-likeness (QED) is 0.804. The summed E-state index contributed by atoms with van der Waals surface area (Å²) < 4.78 is 0. The zero-order chi connectivity index (χ0) is 18.8. The average molecular weight is 400 g/mol. The number of nitrogens with one attached hydrogen (secondary N) is 1. The normalized spacial score (nSPS) is 16.4. The molecule has 0 aromatic heterocycles. The van der Waals surface area contributed by atoms with E-state index in [1.807, 2.05) is 30.3 Å². The van der Waals surface area contributed by atoms with Crippen LogP contribution >= 0.6 is 12.4 Å². The van der Waals surface area contributed by atoms with Crippen molar-refractivity contribution in [3.05, 3.63) is 70.8 Å². The molecule has 2 aliphatic rings. The van der Waals surface area contributed by atoms with Gasteiger partial charge in [-0.15, -0.1) is 12.4 Å². The van der Waals surface area contributed by atoms with Gasteiger partial charge in [-0.3, -0.25) is 19.3 Å². The highest BCUT2D eigenvalue weighted by atomic mass is 35.5. The molecule has 0 bridgehead atoms. The molecule has 0 saturated carbocycles. The van der Waals surface area contributed by atoms with Crippen LogP contribution in [0.1, 0.15) is 43.1 Å². The van der Waals surface area contributed by atoms with Crippen LogP contribution in [0.5, 0.6) is 0 Å². The van der Waals surface area contributed by atoms with E-state index in [1.165, 1.54) is 4.90 Å². The second kappa shape index (κ2) is 8.54. The summed E-state index contributed by atoms with van der Waals surface area (Å²) in [7, 11) is 0. The van der Waals surface area contributed by atoms with E-state index in [2.05, 4.69) is 5.32 Å². The van der Waals surface area contributed by atoms with Crippen LogP contribution in [0, 0.1) is 0 Å². The number of hydrogen-bond donors (Lipinski definition) is 1. The fourth-order valence-electron chi connectivity index (χ4n) is 3.56. The minimum Gasteiger partial charge on any atom is -0.337 e. The van der Waals surface area contributed by atoms with Crippen molar-refractivity contribution in [1.29, 1.82) is 0 Å². The summed E-state index contributed by atoms with van der Waals surface area (Å²) >= 11 is 0. The average Bonchev–Trinajstić information content (AvgIpc) is 2.91. The maximum absolute atomic E-state index is 12.8. The first-order valence-corrected chi connectivity index (χ1v) is 9.19. The molecule has 0 spiro atoms. The molecule has 7 heteroatoms. The molecular weight excluding hydrogens is 378 g/mol. The second-order valence-electron chi connectivity index (χ2n) is 6.84. The van der Waals surface area contributed by atoms with Crippen LogP contribution < -0.4 is 5.32 Å². The lowest BCUT2D eigenvalue weighted by molar-refractivity contribution is 0.0642. The number of carbonyl (C=O) groups is 3. The topological polar surface area (TPSA) is 69.7 Å². The van der Waals surface area contributed by atoms with Crippen molar-refractivity contribution in [3.8, 4) is 0 Å². The predicted octanol–water partition coefficient (Wildman–Crippen LogP) is 2.34. The Balaban J connectivity index is 0.00000225. The standard InChI is InChI=1S/C21H21N3O3.ClH/c25-19(23-11-4-9-22-10-12-23)16-7-8-17-18(13-16)21(27)24(20(17)26)14-15-5-2-1-3-6-15;/h1-3,5-8,13,22H,4,9-12,14H2;1H. The van der Waals surface area contributed by atoms with Crippen molar-refractivity contribution < 1.29 is 14.4 Å². The highest BCUT2D eigenvalue weighted by Crippen LogP contribution is 2.26. The van der Waals surface area contributed by atoms with E-state index in [4.69, 9.17) is 0 Å². The molecule has 146 valence electrons. The monoisotopic (exact) mass is 399 g/mol. The summed E-state index contributed by atoms with van der Waals surface area (Å²) in [6.45, 7) is 3.22. The van der Waals surface area contributed by atoms with Crippen LogP contribution in [-0.2, 0) is 6.54 Å². The highest BCUT2D eigenvalue weighted by molar-refractivity contribution is 6.22. The van der Waals surface area contributed by atoms with Gasteiger partial charge >= 0.3 is 0 Å². The molecule has 2 aromatic carbocycles. The van der Waals surface area contributed by atoms with Gasteiger partial charge in [0, 0.05) is 25.2 Å². The molecule has 1 fully saturated rings. The van der Waals surface area contributed by atoms with Gasteiger partial charge in [-0.05, 0) is 36.7 Å². The molecule has 1 saturated heterocycles. The molecule has 4 rings (SSSR count). The Kier molecular flexibility index (Phi) is 6.11. The van der Waals surface area contributed by atoms with Gasteiger partial charge in [0.15, 0.2) is 0 Å². The van der Waals surface area contributed by atoms with Crippen LogP contribution in [0.3, 0.4) is 0 Å². The summed E-state index contributed by atoms with van der Waals surface area (Å²) in [5.74, 6) is -0.744. The summed E-state index contributed by atoms with van der Waals surface area (Å²) in [6.07, 6.45) is 0.902. The third kappa shape index (κ3) is 3.79. The number of imide groups is 1. The lowest BCUT2D eigenvalue weighted by Gasteiger charge is -2.20. The summed E-state index contributed by atoms with van der Waals surface area (Å²) in [6, 6.07) is 14.2. The largest absolute Gasteiger partial charge is 0.337 e. The van der Waals surface area contributed by atoms with Gasteiger partial charge in [0.05, 0.1) is 17.7 Å². The molecule has 3 amide bonds. The van der Waals surface area contributed by atoms with E-state index in [9.17, 15) is 14.4 Å². The van der Waals surface area contributed by atoms with Crippen LogP contribution in [0.25, 0.3) is 0 Å². The van der Waals surface area contributed by atoms with Gasteiger partial charge in [0.25, 0.3) is 17.7 Å². The zero-order valence-corrected chi connectivity index (χ0v) is 16.2. The van der Waals surface area contributed by atoms with Crippen molar-refractivity contribution in [2.24, 2.45) is 0 Å². The number of nitrogens with zero attached hydrogens (tertiary/aromatic N) is 2. The van der Waals surface area contributed by atoms with Crippen LogP contribution in [-0.4, -0.2) is 53.7 Å². The lowest BCUT2D eigenvalue weighted by atomic mass is 10.0. The van der Waals surface area contributed by atoms with Crippen molar-refractivity contribution in [3.63, 3.8) is 0 Å². The van der Waals surface area contributed by atoms with Crippen molar-refractivity contribution in [1.82, 2.24) is 15.1 Å². The third-order valence-electron chi connectivity index (χ3n) is 5.03. The van der Waals surface area contributed by atoms with E-state index in [0.717, 1.165) is 25.1 Å². The first-order valence-electron chi connectivity index (χ1n) is 9.19. The fraction of sp³-hybridized carbons (Fsp3) is 0.286. The molecule has 0 radical (unpaired) electrons. The molecule has 1 N–H and O–H groups in total. The number of hydrogen-bond acceptors (Lipinski definition) is 4. The number of fused-ring (bicyclic) bond motifs is 1. The molecule has 6 nitrogen and oxygen atoms in total. The van der Waals surface area contributed by atoms with E-state index in [1.54, 1.807) is 23.1 Å². The lowest BCUT2D eigenvalue weighted by Crippen LogP contribution is -2.34. The first kappa shape index (κ1) is 20.0.